The summed E-state index contributed by atoms with van der Waals surface area (Å²) >= 11 is 0. The topological polar surface area (TPSA) is 67.6 Å². The van der Waals surface area contributed by atoms with Crippen molar-refractivity contribution in [2.24, 2.45) is 0 Å². The van der Waals surface area contributed by atoms with Crippen LogP contribution in [-0.4, -0.2) is 78.0 Å². The number of hydrogen-bond acceptors (Lipinski definition) is 6. The summed E-state index contributed by atoms with van der Waals surface area (Å²) in [6.07, 6.45) is 14.6. The number of unbranched alkanes of at least 4 members (excludes halogenated alkanes) is 6. The second kappa shape index (κ2) is 18.5. The van der Waals surface area contributed by atoms with E-state index in [2.05, 4.69) is 10.6 Å². The average molecular weight is 415 g/mol. The standard InChI is InChI=1S/C23H46N2O4/c1(3-11-22-20-28-22)2-7-15-26-16-8-4-12-24-13-5-9-17-27-18-10-6-14-25-19-23-21-29-23/h22-25H,1-21H2. The summed E-state index contributed by atoms with van der Waals surface area (Å²) in [6, 6.07) is 0. The lowest BCUT2D eigenvalue weighted by atomic mass is 10.1. The maximum Gasteiger partial charge on any atom is 0.0933 e. The largest absolute Gasteiger partial charge is 0.381 e. The molecule has 2 atom stereocenters. The van der Waals surface area contributed by atoms with E-state index >= 15 is 0 Å². The normalized spacial score (nSPS) is 20.3. The predicted octanol–water partition coefficient (Wildman–Crippen LogP) is 3.29. The molecule has 2 rings (SSSR count). The second-order valence-electron chi connectivity index (χ2n) is 8.41. The molecule has 0 radical (unpaired) electrons. The van der Waals surface area contributed by atoms with Crippen LogP contribution in [-0.2, 0) is 18.9 Å². The van der Waals surface area contributed by atoms with E-state index in [0.717, 1.165) is 85.1 Å². The first-order valence-electron chi connectivity index (χ1n) is 12.3. The zero-order valence-electron chi connectivity index (χ0n) is 18.6. The molecule has 6 heteroatoms. The first kappa shape index (κ1) is 25.0. The summed E-state index contributed by atoms with van der Waals surface area (Å²) in [6.45, 7) is 9.87. The molecule has 2 heterocycles. The summed E-state index contributed by atoms with van der Waals surface area (Å²) in [4.78, 5) is 0. The molecule has 2 aliphatic rings. The van der Waals surface area contributed by atoms with E-state index < -0.39 is 0 Å². The monoisotopic (exact) mass is 414 g/mol. The summed E-state index contributed by atoms with van der Waals surface area (Å²) in [5, 5.41) is 6.94. The highest BCUT2D eigenvalue weighted by atomic mass is 16.6. The van der Waals surface area contributed by atoms with Gasteiger partial charge in [0.2, 0.25) is 0 Å². The Morgan fingerprint density at radius 2 is 1.03 bits per heavy atom. The van der Waals surface area contributed by atoms with Crippen molar-refractivity contribution in [2.75, 3.05) is 65.8 Å². The smallest absolute Gasteiger partial charge is 0.0933 e. The van der Waals surface area contributed by atoms with E-state index in [1.807, 2.05) is 0 Å². The maximum atomic E-state index is 5.72. The molecule has 0 bridgehead atoms. The highest BCUT2D eigenvalue weighted by Gasteiger charge is 2.21. The molecule has 172 valence electrons. The molecule has 0 aromatic carbocycles. The third-order valence-electron chi connectivity index (χ3n) is 5.42. The molecule has 2 saturated heterocycles. The summed E-state index contributed by atoms with van der Waals surface area (Å²) in [7, 11) is 0. The predicted molar refractivity (Wildman–Crippen MR) is 118 cm³/mol. The molecule has 0 aliphatic carbocycles. The molecule has 0 aromatic rings. The molecule has 0 aromatic heterocycles. The quantitative estimate of drug-likeness (QED) is 0.187. The van der Waals surface area contributed by atoms with Gasteiger partial charge in [-0.1, -0.05) is 19.3 Å². The Morgan fingerprint density at radius 1 is 0.552 bits per heavy atom. The lowest BCUT2D eigenvalue weighted by Crippen LogP contribution is -2.21. The Bertz CT molecular complexity index is 320. The lowest BCUT2D eigenvalue weighted by molar-refractivity contribution is 0.125. The van der Waals surface area contributed by atoms with Crippen LogP contribution in [0.15, 0.2) is 0 Å². The van der Waals surface area contributed by atoms with Gasteiger partial charge in [0.1, 0.15) is 0 Å². The molecule has 2 unspecified atom stereocenters. The highest BCUT2D eigenvalue weighted by Crippen LogP contribution is 2.17. The summed E-state index contributed by atoms with van der Waals surface area (Å²) < 4.78 is 21.8. The van der Waals surface area contributed by atoms with Crippen molar-refractivity contribution in [2.45, 2.75) is 82.8 Å². The fourth-order valence-corrected chi connectivity index (χ4v) is 3.30. The first-order chi connectivity index (χ1) is 14.4. The second-order valence-corrected chi connectivity index (χ2v) is 8.41. The summed E-state index contributed by atoms with van der Waals surface area (Å²) in [5.41, 5.74) is 0. The van der Waals surface area contributed by atoms with E-state index in [0.29, 0.717) is 12.2 Å². The van der Waals surface area contributed by atoms with Crippen LogP contribution < -0.4 is 10.6 Å². The van der Waals surface area contributed by atoms with Crippen molar-refractivity contribution in [1.82, 2.24) is 10.6 Å². The molecular weight excluding hydrogens is 368 g/mol. The minimum absolute atomic E-state index is 0.491. The molecule has 0 amide bonds. The van der Waals surface area contributed by atoms with Crippen molar-refractivity contribution in [3.8, 4) is 0 Å². The van der Waals surface area contributed by atoms with Gasteiger partial charge in [0.15, 0.2) is 0 Å². The average Bonchev–Trinajstić information content (AvgIpc) is 3.64. The van der Waals surface area contributed by atoms with E-state index in [1.165, 1.54) is 51.4 Å². The lowest BCUT2D eigenvalue weighted by Gasteiger charge is -2.07. The number of nitrogens with one attached hydrogen (secondary N) is 2. The van der Waals surface area contributed by atoms with Crippen molar-refractivity contribution in [1.29, 1.82) is 0 Å². The van der Waals surface area contributed by atoms with E-state index in [1.54, 1.807) is 0 Å². The molecule has 6 nitrogen and oxygen atoms in total. The van der Waals surface area contributed by atoms with Crippen LogP contribution in [0.25, 0.3) is 0 Å². The van der Waals surface area contributed by atoms with Crippen LogP contribution in [0.4, 0.5) is 0 Å². The van der Waals surface area contributed by atoms with Gasteiger partial charge in [-0.2, -0.15) is 0 Å². The third kappa shape index (κ3) is 18.3. The third-order valence-corrected chi connectivity index (χ3v) is 5.42. The minimum Gasteiger partial charge on any atom is -0.381 e. The molecule has 0 spiro atoms. The minimum atomic E-state index is 0.491. The van der Waals surface area contributed by atoms with Crippen LogP contribution in [0.5, 0.6) is 0 Å². The van der Waals surface area contributed by atoms with Crippen LogP contribution in [0.1, 0.15) is 70.6 Å². The highest BCUT2D eigenvalue weighted by molar-refractivity contribution is 4.71. The molecule has 0 saturated carbocycles. The van der Waals surface area contributed by atoms with E-state index in [9.17, 15) is 0 Å². The van der Waals surface area contributed by atoms with E-state index in [-0.39, 0.29) is 0 Å². The van der Waals surface area contributed by atoms with Crippen LogP contribution >= 0.6 is 0 Å². The van der Waals surface area contributed by atoms with Crippen LogP contribution in [0, 0.1) is 0 Å². The number of epoxide rings is 2. The molecule has 2 fully saturated rings. The van der Waals surface area contributed by atoms with Gasteiger partial charge in [0, 0.05) is 33.0 Å². The Balaban J connectivity index is 1.12. The van der Waals surface area contributed by atoms with Gasteiger partial charge in [-0.15, -0.1) is 0 Å². The van der Waals surface area contributed by atoms with Gasteiger partial charge in [-0.3, -0.25) is 0 Å². The Morgan fingerprint density at radius 3 is 1.59 bits per heavy atom. The fraction of sp³-hybridized carbons (Fsp3) is 1.00. The zero-order valence-corrected chi connectivity index (χ0v) is 18.6. The van der Waals surface area contributed by atoms with Crippen molar-refractivity contribution in [3.63, 3.8) is 0 Å². The van der Waals surface area contributed by atoms with Gasteiger partial charge < -0.3 is 29.6 Å². The number of rotatable bonds is 24. The summed E-state index contributed by atoms with van der Waals surface area (Å²) in [5.74, 6) is 0. The molecule has 2 aliphatic heterocycles. The number of hydrogen-bond donors (Lipinski definition) is 2. The van der Waals surface area contributed by atoms with Gasteiger partial charge in [0.05, 0.1) is 25.4 Å². The number of ether oxygens (including phenoxy) is 4. The Kier molecular flexibility index (Phi) is 16.0. The SMILES string of the molecule is C(CCCC1CO1)CCOCCCCNCCCCOCCCCNCC1CO1. The molecule has 29 heavy (non-hydrogen) atoms. The first-order valence-corrected chi connectivity index (χ1v) is 12.3. The van der Waals surface area contributed by atoms with Crippen LogP contribution in [0.2, 0.25) is 0 Å². The van der Waals surface area contributed by atoms with Gasteiger partial charge in [-0.25, -0.2) is 0 Å². The maximum absolute atomic E-state index is 5.72. The Labute approximate surface area is 178 Å². The van der Waals surface area contributed by atoms with Gasteiger partial charge in [-0.05, 0) is 71.0 Å². The molecule has 2 N–H and O–H groups in total. The van der Waals surface area contributed by atoms with Gasteiger partial charge >= 0.3 is 0 Å². The Hall–Kier alpha value is -0.240. The van der Waals surface area contributed by atoms with Crippen molar-refractivity contribution in [3.05, 3.63) is 0 Å². The fourth-order valence-electron chi connectivity index (χ4n) is 3.30. The van der Waals surface area contributed by atoms with Crippen molar-refractivity contribution < 1.29 is 18.9 Å². The van der Waals surface area contributed by atoms with E-state index in [4.69, 9.17) is 18.9 Å². The zero-order chi connectivity index (χ0) is 20.2. The van der Waals surface area contributed by atoms with Gasteiger partial charge in [0.25, 0.3) is 0 Å². The van der Waals surface area contributed by atoms with Crippen LogP contribution in [0.3, 0.4) is 0 Å². The van der Waals surface area contributed by atoms with Crippen molar-refractivity contribution >= 4 is 0 Å². The molecular formula is C23H46N2O4.